The highest BCUT2D eigenvalue weighted by Gasteiger charge is 2.35. The van der Waals surface area contributed by atoms with Crippen LogP contribution in [-0.2, 0) is 28.5 Å². The standard InChI is InChI=1S/C26H27BF3N5O3/c1-38-24(37)19-8-11-31-21(14-19)6-7-23-22(26(28,29)30)15-32-25(34-23)33-20-4-2-17(3-5-20)18-9-12-35(13-10-18)27-16-36/h2-5,8,11,14-16,18,27H,6-7,9-10,12-13H2,1H3,(H,32,33,34). The van der Waals surface area contributed by atoms with Crippen molar-refractivity contribution >= 4 is 31.2 Å². The second-order valence-corrected chi connectivity index (χ2v) is 9.07. The van der Waals surface area contributed by atoms with Gasteiger partial charge in [-0.1, -0.05) is 12.1 Å². The number of aromatic nitrogens is 3. The number of carbonyl (C=O) groups is 2. The van der Waals surface area contributed by atoms with Crippen LogP contribution in [0, 0.1) is 0 Å². The van der Waals surface area contributed by atoms with Gasteiger partial charge in [0.1, 0.15) is 0 Å². The van der Waals surface area contributed by atoms with Crippen molar-refractivity contribution < 1.29 is 27.5 Å². The number of methoxy groups -OCH3 is 1. The molecule has 0 unspecified atom stereocenters. The van der Waals surface area contributed by atoms with E-state index in [1.54, 1.807) is 0 Å². The van der Waals surface area contributed by atoms with Gasteiger partial charge in [0.15, 0.2) is 0 Å². The molecule has 3 aromatic rings. The number of carbonyl (C=O) groups excluding carboxylic acids is 2. The molecule has 1 aliphatic heterocycles. The molecule has 1 saturated heterocycles. The van der Waals surface area contributed by atoms with Gasteiger partial charge >= 0.3 is 12.1 Å². The molecule has 0 bridgehead atoms. The van der Waals surface area contributed by atoms with Crippen LogP contribution < -0.4 is 5.32 Å². The maximum absolute atomic E-state index is 13.6. The summed E-state index contributed by atoms with van der Waals surface area (Å²) in [6.07, 6.45) is 0.526. The summed E-state index contributed by atoms with van der Waals surface area (Å²) in [6.45, 7) is 1.74. The van der Waals surface area contributed by atoms with Crippen LogP contribution in [0.3, 0.4) is 0 Å². The van der Waals surface area contributed by atoms with Gasteiger partial charge in [-0.05, 0) is 74.5 Å². The molecule has 12 heteroatoms. The van der Waals surface area contributed by atoms with Gasteiger partial charge in [0.2, 0.25) is 5.95 Å². The maximum atomic E-state index is 13.6. The minimum absolute atomic E-state index is 0.0502. The van der Waals surface area contributed by atoms with Crippen LogP contribution in [0.5, 0.6) is 0 Å². The van der Waals surface area contributed by atoms with E-state index < -0.39 is 17.7 Å². The minimum atomic E-state index is -4.61. The van der Waals surface area contributed by atoms with E-state index in [-0.39, 0.29) is 30.0 Å². The first kappa shape index (κ1) is 27.2. The number of halogens is 3. The fourth-order valence-corrected chi connectivity index (χ4v) is 4.53. The van der Waals surface area contributed by atoms with E-state index >= 15 is 0 Å². The highest BCUT2D eigenvalue weighted by Crippen LogP contribution is 2.33. The number of hydrogen-bond acceptors (Lipinski definition) is 8. The molecule has 0 amide bonds. The molecular formula is C26H27BF3N5O3. The Labute approximate surface area is 218 Å². The van der Waals surface area contributed by atoms with E-state index in [4.69, 9.17) is 0 Å². The second kappa shape index (κ2) is 12.2. The molecule has 2 aromatic heterocycles. The molecule has 4 rings (SSSR count). The number of hydrogen-bond donors (Lipinski definition) is 1. The second-order valence-electron chi connectivity index (χ2n) is 9.07. The summed E-state index contributed by atoms with van der Waals surface area (Å²) in [4.78, 5) is 36.8. The summed E-state index contributed by atoms with van der Waals surface area (Å²) in [5, 5.41) is 2.99. The maximum Gasteiger partial charge on any atom is 0.419 e. The van der Waals surface area contributed by atoms with Crippen LogP contribution in [0.2, 0.25) is 0 Å². The third kappa shape index (κ3) is 6.94. The monoisotopic (exact) mass is 525 g/mol. The topological polar surface area (TPSA) is 97.3 Å². The Hall–Kier alpha value is -3.80. The number of nitrogens with zero attached hydrogens (tertiary/aromatic N) is 4. The van der Waals surface area contributed by atoms with Crippen molar-refractivity contribution in [2.45, 2.75) is 37.8 Å². The number of nitrogens with one attached hydrogen (secondary N) is 1. The Kier molecular flexibility index (Phi) is 8.72. The van der Waals surface area contributed by atoms with Gasteiger partial charge in [-0.25, -0.2) is 14.8 Å². The van der Waals surface area contributed by atoms with Crippen LogP contribution in [-0.4, -0.2) is 59.5 Å². The smallest absolute Gasteiger partial charge is 0.419 e. The Balaban J connectivity index is 1.45. The first-order chi connectivity index (χ1) is 18.3. The molecule has 1 N–H and O–H groups in total. The van der Waals surface area contributed by atoms with E-state index in [9.17, 15) is 22.8 Å². The number of ether oxygens (including phenoxy) is 1. The zero-order chi connectivity index (χ0) is 27.1. The molecule has 1 fully saturated rings. The highest BCUT2D eigenvalue weighted by atomic mass is 19.4. The van der Waals surface area contributed by atoms with Gasteiger partial charge < -0.3 is 19.7 Å². The molecule has 8 nitrogen and oxygen atoms in total. The van der Waals surface area contributed by atoms with Gasteiger partial charge in [0, 0.05) is 23.8 Å². The Morgan fingerprint density at radius 2 is 1.89 bits per heavy atom. The number of pyridine rings is 1. The minimum Gasteiger partial charge on any atom is -0.465 e. The number of anilines is 2. The van der Waals surface area contributed by atoms with E-state index in [1.165, 1.54) is 31.0 Å². The summed E-state index contributed by atoms with van der Waals surface area (Å²) in [5.74, 6) is -0.0983. The average Bonchev–Trinajstić information content (AvgIpc) is 2.92. The molecule has 0 spiro atoms. The first-order valence-corrected chi connectivity index (χ1v) is 12.3. The lowest BCUT2D eigenvalue weighted by molar-refractivity contribution is -0.138. The van der Waals surface area contributed by atoms with Gasteiger partial charge in [-0.2, -0.15) is 13.2 Å². The van der Waals surface area contributed by atoms with Crippen molar-refractivity contribution in [2.75, 3.05) is 25.5 Å². The predicted octanol–water partition coefficient (Wildman–Crippen LogP) is 3.93. The molecule has 1 aliphatic rings. The van der Waals surface area contributed by atoms with Crippen LogP contribution >= 0.6 is 0 Å². The number of rotatable bonds is 9. The molecule has 1 aromatic carbocycles. The largest absolute Gasteiger partial charge is 0.465 e. The lowest BCUT2D eigenvalue weighted by Gasteiger charge is -2.30. The Bertz CT molecular complexity index is 1270. The van der Waals surface area contributed by atoms with Crippen molar-refractivity contribution in [1.29, 1.82) is 0 Å². The van der Waals surface area contributed by atoms with Gasteiger partial charge in [0.25, 0.3) is 7.41 Å². The molecule has 0 aliphatic carbocycles. The summed E-state index contributed by atoms with van der Waals surface area (Å²) < 4.78 is 45.6. The highest BCUT2D eigenvalue weighted by molar-refractivity contribution is 6.64. The van der Waals surface area contributed by atoms with Crippen molar-refractivity contribution in [3.05, 3.63) is 76.9 Å². The predicted molar refractivity (Wildman–Crippen MR) is 137 cm³/mol. The van der Waals surface area contributed by atoms with Crippen LogP contribution in [0.25, 0.3) is 0 Å². The molecule has 38 heavy (non-hydrogen) atoms. The quantitative estimate of drug-likeness (QED) is 0.255. The number of esters is 1. The summed E-state index contributed by atoms with van der Waals surface area (Å²) in [6, 6.07) is 10.7. The zero-order valence-electron chi connectivity index (χ0n) is 20.9. The number of piperidine rings is 1. The first-order valence-electron chi connectivity index (χ1n) is 12.3. The number of alkyl halides is 3. The van der Waals surface area contributed by atoms with Crippen LogP contribution in [0.4, 0.5) is 24.8 Å². The molecule has 0 radical (unpaired) electrons. The zero-order valence-corrected chi connectivity index (χ0v) is 20.9. The van der Waals surface area contributed by atoms with Crippen molar-refractivity contribution in [3.8, 4) is 0 Å². The number of benzene rings is 1. The molecule has 3 heterocycles. The summed E-state index contributed by atoms with van der Waals surface area (Å²) in [5.41, 5.74) is 1.47. The lowest BCUT2D eigenvalue weighted by Crippen LogP contribution is -2.36. The van der Waals surface area contributed by atoms with Crippen LogP contribution in [0.1, 0.15) is 51.6 Å². The Morgan fingerprint density at radius 3 is 2.55 bits per heavy atom. The molecule has 198 valence electrons. The van der Waals surface area contributed by atoms with Crippen molar-refractivity contribution in [3.63, 3.8) is 0 Å². The molecular weight excluding hydrogens is 498 g/mol. The van der Waals surface area contributed by atoms with E-state index in [0.29, 0.717) is 24.7 Å². The van der Waals surface area contributed by atoms with Gasteiger partial charge in [-0.15, -0.1) is 0 Å². The molecule has 0 saturated carbocycles. The van der Waals surface area contributed by atoms with Crippen LogP contribution in [0.15, 0.2) is 48.8 Å². The average molecular weight is 525 g/mol. The normalized spacial score (nSPS) is 14.6. The fraction of sp³-hybridized carbons (Fsp3) is 0.346. The number of aryl methyl sites for hydroxylation is 2. The van der Waals surface area contributed by atoms with Crippen molar-refractivity contribution in [2.24, 2.45) is 0 Å². The fourth-order valence-electron chi connectivity index (χ4n) is 4.53. The van der Waals surface area contributed by atoms with Gasteiger partial charge in [0.05, 0.1) is 30.1 Å². The van der Waals surface area contributed by atoms with E-state index in [0.717, 1.165) is 38.3 Å². The van der Waals surface area contributed by atoms with Gasteiger partial charge in [-0.3, -0.25) is 4.98 Å². The van der Waals surface area contributed by atoms with E-state index in [2.05, 4.69) is 29.8 Å². The van der Waals surface area contributed by atoms with E-state index in [1.807, 2.05) is 24.3 Å². The Morgan fingerprint density at radius 1 is 1.16 bits per heavy atom. The molecule has 0 atom stereocenters. The van der Waals surface area contributed by atoms with Crippen molar-refractivity contribution in [1.82, 2.24) is 19.8 Å². The summed E-state index contributed by atoms with van der Waals surface area (Å²) in [7, 11) is 1.71. The third-order valence-electron chi connectivity index (χ3n) is 6.59. The third-order valence-corrected chi connectivity index (χ3v) is 6.59. The summed E-state index contributed by atoms with van der Waals surface area (Å²) >= 11 is 0. The lowest BCUT2D eigenvalue weighted by atomic mass is 9.84. The SMILES string of the molecule is COC(=O)c1ccnc(CCc2nc(Nc3ccc(C4CCN(BC=O)CC4)cc3)ncc2C(F)(F)F)c1.